The fraction of sp³-hybridized carbons (Fsp3) is 0.462. The first-order valence-corrected chi connectivity index (χ1v) is 14.6. The Morgan fingerprint density at radius 2 is 1.68 bits per heavy atom. The maximum Gasteiger partial charge on any atom is 0.255 e. The summed E-state index contributed by atoms with van der Waals surface area (Å²) in [5, 5.41) is 34.2. The maximum atomic E-state index is 13.6. The summed E-state index contributed by atoms with van der Waals surface area (Å²) in [4.78, 5) is 24.8. The number of halogens is 4. The predicted octanol–water partition coefficient (Wildman–Crippen LogP) is 1.55. The number of amides is 2. The number of carbonyl (C=O) groups excluding carboxylic acids is 2. The monoisotopic (exact) mass is 618 g/mol. The molecule has 0 radical (unpaired) electrons. The number of ether oxygens (including phenoxy) is 1. The Kier molecular flexibility index (Phi) is 7.85. The minimum atomic E-state index is -4.11. The summed E-state index contributed by atoms with van der Waals surface area (Å²) in [6.45, 7) is -0.402. The average Bonchev–Trinajstić information content (AvgIpc) is 3.27. The van der Waals surface area contributed by atoms with Crippen molar-refractivity contribution < 1.29 is 51.2 Å². The Morgan fingerprint density at radius 1 is 1.05 bits per heavy atom. The second kappa shape index (κ2) is 10.8. The van der Waals surface area contributed by atoms with E-state index in [1.54, 1.807) is 0 Å². The predicted molar refractivity (Wildman–Crippen MR) is 137 cm³/mol. The fourth-order valence-electron chi connectivity index (χ4n) is 5.83. The van der Waals surface area contributed by atoms with E-state index in [0.29, 0.717) is 18.6 Å². The molecule has 3 aliphatic carbocycles. The molecular formula is C26H26ClF3N2O8S. The van der Waals surface area contributed by atoms with Crippen LogP contribution in [0.2, 0.25) is 5.02 Å². The molecule has 41 heavy (non-hydrogen) atoms. The number of aliphatic hydroxyl groups excluding tert-OH is 2. The molecule has 2 amide bonds. The van der Waals surface area contributed by atoms with Gasteiger partial charge >= 0.3 is 0 Å². The summed E-state index contributed by atoms with van der Waals surface area (Å²) >= 11 is 6.20. The van der Waals surface area contributed by atoms with Gasteiger partial charge in [-0.15, -0.1) is 0 Å². The number of nitrogens with one attached hydrogen (secondary N) is 2. The molecule has 5 atom stereocenters. The van der Waals surface area contributed by atoms with Crippen molar-refractivity contribution >= 4 is 38.9 Å². The van der Waals surface area contributed by atoms with Gasteiger partial charge in [0.1, 0.15) is 12.2 Å². The van der Waals surface area contributed by atoms with Crippen LogP contribution in [-0.2, 0) is 19.4 Å². The van der Waals surface area contributed by atoms with Gasteiger partial charge in [-0.2, -0.15) is 0 Å². The lowest BCUT2D eigenvalue weighted by atomic mass is 9.53. The van der Waals surface area contributed by atoms with Gasteiger partial charge in [-0.05, 0) is 49.3 Å². The highest BCUT2D eigenvalue weighted by atomic mass is 35.5. The van der Waals surface area contributed by atoms with Gasteiger partial charge < -0.3 is 30.7 Å². The molecule has 2 unspecified atom stereocenters. The first-order chi connectivity index (χ1) is 19.2. The molecule has 1 saturated heterocycles. The molecule has 2 bridgehead atoms. The van der Waals surface area contributed by atoms with Crippen LogP contribution in [0.25, 0.3) is 0 Å². The summed E-state index contributed by atoms with van der Waals surface area (Å²) in [5.41, 5.74) is -1.94. The topological polar surface area (TPSA) is 162 Å². The molecule has 6 rings (SSSR count). The highest BCUT2D eigenvalue weighted by Gasteiger charge is 2.60. The third-order valence-electron chi connectivity index (χ3n) is 8.21. The van der Waals surface area contributed by atoms with Crippen molar-refractivity contribution in [1.82, 2.24) is 5.32 Å². The van der Waals surface area contributed by atoms with Crippen LogP contribution in [0, 0.1) is 29.3 Å². The van der Waals surface area contributed by atoms with Crippen LogP contribution in [0.15, 0.2) is 35.2 Å². The molecule has 3 saturated carbocycles. The van der Waals surface area contributed by atoms with Gasteiger partial charge in [-0.1, -0.05) is 11.6 Å². The van der Waals surface area contributed by atoms with Crippen molar-refractivity contribution in [3.05, 3.63) is 58.4 Å². The van der Waals surface area contributed by atoms with E-state index in [4.69, 9.17) is 16.3 Å². The third-order valence-corrected chi connectivity index (χ3v) is 10.9. The van der Waals surface area contributed by atoms with Crippen molar-refractivity contribution in [1.29, 1.82) is 0 Å². The smallest absolute Gasteiger partial charge is 0.255 e. The first kappa shape index (κ1) is 29.7. The molecule has 5 N–H and O–H groups in total. The van der Waals surface area contributed by atoms with Crippen LogP contribution in [-0.4, -0.2) is 77.9 Å². The molecule has 2 aromatic rings. The van der Waals surface area contributed by atoms with Crippen molar-refractivity contribution in [2.24, 2.45) is 11.8 Å². The zero-order chi connectivity index (χ0) is 29.9. The average molecular weight is 619 g/mol. The van der Waals surface area contributed by atoms with E-state index >= 15 is 0 Å². The van der Waals surface area contributed by atoms with E-state index in [1.807, 2.05) is 0 Å². The lowest BCUT2D eigenvalue weighted by Crippen LogP contribution is -2.66. The molecule has 4 fully saturated rings. The number of benzene rings is 2. The van der Waals surface area contributed by atoms with Crippen molar-refractivity contribution in [2.45, 2.75) is 53.3 Å². The summed E-state index contributed by atoms with van der Waals surface area (Å²) in [6, 6.07) is 4.61. The van der Waals surface area contributed by atoms with Crippen LogP contribution >= 0.6 is 11.6 Å². The van der Waals surface area contributed by atoms with Crippen LogP contribution in [0.5, 0.6) is 0 Å². The molecule has 222 valence electrons. The van der Waals surface area contributed by atoms with Gasteiger partial charge in [0.05, 0.1) is 27.4 Å². The van der Waals surface area contributed by atoms with Gasteiger partial charge in [-0.3, -0.25) is 9.59 Å². The Morgan fingerprint density at radius 3 is 2.27 bits per heavy atom. The third kappa shape index (κ3) is 5.32. The molecule has 1 aliphatic heterocycles. The SMILES string of the molecule is O=C(Nc1cc(F)c(F)c(F)c1)c1ccc(Cl)c(S(=O)(=O)[C@H]2CC3CC(C2)[C@]3(O)CNC(=O)[C@H]2OC[C@H](O)[C@@H]2O)c1. The molecule has 4 aliphatic rings. The van der Waals surface area contributed by atoms with Gasteiger partial charge in [-0.25, -0.2) is 21.6 Å². The van der Waals surface area contributed by atoms with Gasteiger partial charge in [0, 0.05) is 29.9 Å². The van der Waals surface area contributed by atoms with E-state index in [2.05, 4.69) is 10.6 Å². The van der Waals surface area contributed by atoms with Crippen molar-refractivity contribution in [2.75, 3.05) is 18.5 Å². The van der Waals surface area contributed by atoms with E-state index < -0.39 is 80.1 Å². The zero-order valence-corrected chi connectivity index (χ0v) is 22.8. The minimum absolute atomic E-state index is 0.0490. The molecule has 10 nitrogen and oxygen atoms in total. The lowest BCUT2D eigenvalue weighted by molar-refractivity contribution is -0.175. The lowest BCUT2D eigenvalue weighted by Gasteiger charge is -2.58. The van der Waals surface area contributed by atoms with Crippen LogP contribution in [0.3, 0.4) is 0 Å². The van der Waals surface area contributed by atoms with Crippen LogP contribution < -0.4 is 10.6 Å². The molecule has 2 aromatic carbocycles. The normalized spacial score (nSPS) is 30.9. The highest BCUT2D eigenvalue weighted by Crippen LogP contribution is 2.55. The number of carbonyl (C=O) groups is 2. The van der Waals surface area contributed by atoms with E-state index in [0.717, 1.165) is 6.07 Å². The number of fused-ring (bicyclic) bond motifs is 2. The molecule has 0 aromatic heterocycles. The minimum Gasteiger partial charge on any atom is -0.388 e. The second-order valence-corrected chi connectivity index (χ2v) is 13.2. The van der Waals surface area contributed by atoms with Crippen molar-refractivity contribution in [3.63, 3.8) is 0 Å². The summed E-state index contributed by atoms with van der Waals surface area (Å²) < 4.78 is 72.5. The largest absolute Gasteiger partial charge is 0.388 e. The van der Waals surface area contributed by atoms with E-state index in [1.165, 1.54) is 12.1 Å². The Hall–Kier alpha value is -2.75. The number of hydrogen-bond acceptors (Lipinski definition) is 8. The first-order valence-electron chi connectivity index (χ1n) is 12.7. The molecule has 1 heterocycles. The molecular weight excluding hydrogens is 593 g/mol. The Balaban J connectivity index is 1.27. The zero-order valence-electron chi connectivity index (χ0n) is 21.2. The van der Waals surface area contributed by atoms with E-state index in [9.17, 15) is 46.5 Å². The second-order valence-electron chi connectivity index (χ2n) is 10.6. The Labute approximate surface area is 237 Å². The van der Waals surface area contributed by atoms with E-state index in [-0.39, 0.29) is 47.2 Å². The quantitative estimate of drug-likeness (QED) is 0.292. The standard InChI is InChI=1S/C26H26ClF3N2O8S/c27-16-2-1-11(24(35)32-14-7-17(28)21(30)18(29)8-14)3-20(16)41(38,39)15-5-12-4-13(6-15)26(12,37)10-31-25(36)23-22(34)19(33)9-40-23/h1-3,7-8,12-13,15,19,22-23,33-34,37H,4-6,9-10H2,(H,31,36)(H,32,35)/t12?,13?,15-,19-,22-,23-,26-/m0/s1. The Bertz CT molecular complexity index is 1470. The molecule has 15 heteroatoms. The van der Waals surface area contributed by atoms with Crippen molar-refractivity contribution in [3.8, 4) is 0 Å². The highest BCUT2D eigenvalue weighted by molar-refractivity contribution is 7.92. The number of sulfone groups is 1. The fourth-order valence-corrected chi connectivity index (χ4v) is 8.23. The van der Waals surface area contributed by atoms with Gasteiger partial charge in [0.25, 0.3) is 11.8 Å². The number of aliphatic hydroxyl groups is 3. The summed E-state index contributed by atoms with van der Waals surface area (Å²) in [6.07, 6.45) is -3.26. The van der Waals surface area contributed by atoms with Crippen LogP contribution in [0.1, 0.15) is 29.6 Å². The van der Waals surface area contributed by atoms with Gasteiger partial charge in [0.2, 0.25) is 0 Å². The number of rotatable bonds is 7. The van der Waals surface area contributed by atoms with Gasteiger partial charge in [0.15, 0.2) is 33.4 Å². The summed E-state index contributed by atoms with van der Waals surface area (Å²) in [5.74, 6) is -7.31. The van der Waals surface area contributed by atoms with Crippen LogP contribution in [0.4, 0.5) is 18.9 Å². The maximum absolute atomic E-state index is 13.6. The number of hydrogen-bond donors (Lipinski definition) is 5. The summed E-state index contributed by atoms with van der Waals surface area (Å²) in [7, 11) is -4.11. The number of anilines is 1. The molecule has 0 spiro atoms.